The van der Waals surface area contributed by atoms with Crippen LogP contribution in [-0.2, 0) is 0 Å². The molecule has 1 unspecified atom stereocenters. The van der Waals surface area contributed by atoms with Gasteiger partial charge in [0.2, 0.25) is 0 Å². The second-order valence-electron chi connectivity index (χ2n) is 9.39. The summed E-state index contributed by atoms with van der Waals surface area (Å²) in [6.45, 7) is 21.2. The molecule has 0 amide bonds. The lowest BCUT2D eigenvalue weighted by Crippen LogP contribution is -2.57. The third-order valence-corrected chi connectivity index (χ3v) is 27.3. The molecule has 0 aromatic heterocycles. The van der Waals surface area contributed by atoms with Crippen molar-refractivity contribution in [1.82, 2.24) is 5.32 Å². The lowest BCUT2D eigenvalue weighted by atomic mass is 10.2. The zero-order chi connectivity index (χ0) is 18.3. The summed E-state index contributed by atoms with van der Waals surface area (Å²) >= 11 is 0. The third-order valence-electron chi connectivity index (χ3n) is 6.66. The van der Waals surface area contributed by atoms with Crippen LogP contribution >= 0.6 is 0 Å². The van der Waals surface area contributed by atoms with Crippen molar-refractivity contribution >= 4 is 15.9 Å². The Hall–Kier alpha value is 0.134. The molecule has 142 valence electrons. The molecule has 0 spiro atoms. The smallest absolute Gasteiger partial charge is 0.0568 e. The van der Waals surface area contributed by atoms with Crippen LogP contribution in [-0.4, -0.2) is 28.5 Å². The van der Waals surface area contributed by atoms with Gasteiger partial charge in [-0.2, -0.15) is 0 Å². The van der Waals surface area contributed by atoms with Gasteiger partial charge in [0, 0.05) is 6.04 Å². The molecule has 0 radical (unpaired) electrons. The topological polar surface area (TPSA) is 12.0 Å². The van der Waals surface area contributed by atoms with E-state index in [0.29, 0.717) is 0 Å². The highest BCUT2D eigenvalue weighted by molar-refractivity contribution is 7.36. The summed E-state index contributed by atoms with van der Waals surface area (Å²) in [7, 11) is -2.11. The number of allylic oxidation sites excluding steroid dienone is 1. The van der Waals surface area contributed by atoms with Gasteiger partial charge >= 0.3 is 0 Å². The molecule has 24 heavy (non-hydrogen) atoms. The SMILES string of the molecule is CC(C)=C[SiH](CCCNC1CCCC1)[Si](C(C)C)(C(C)C)C(C)C. The lowest BCUT2D eigenvalue weighted by molar-refractivity contribution is 0.523. The standard InChI is InChI=1S/C21H45NSi2/c1-17(2)16-23(15-11-14-22-21-12-9-10-13-21)24(18(3)4,19(5)6)20(7)8/h16,18-23H,9-15H2,1-8H3. The summed E-state index contributed by atoms with van der Waals surface area (Å²) in [5, 5.41) is 3.85. The molecule has 0 saturated heterocycles. The quantitative estimate of drug-likeness (QED) is 0.348. The number of hydrogen-bond acceptors (Lipinski definition) is 1. The Morgan fingerprint density at radius 2 is 1.50 bits per heavy atom. The van der Waals surface area contributed by atoms with E-state index in [9.17, 15) is 0 Å². The van der Waals surface area contributed by atoms with E-state index in [1.54, 1.807) is 5.57 Å². The van der Waals surface area contributed by atoms with Gasteiger partial charge < -0.3 is 5.32 Å². The Morgan fingerprint density at radius 1 is 1.00 bits per heavy atom. The van der Waals surface area contributed by atoms with Crippen molar-refractivity contribution in [2.24, 2.45) is 0 Å². The van der Waals surface area contributed by atoms with Crippen LogP contribution in [0, 0.1) is 0 Å². The maximum atomic E-state index is 3.85. The molecule has 1 fully saturated rings. The first-order chi connectivity index (χ1) is 11.2. The van der Waals surface area contributed by atoms with E-state index in [2.05, 4.69) is 66.4 Å². The van der Waals surface area contributed by atoms with E-state index in [-0.39, 0.29) is 0 Å². The normalized spacial score (nSPS) is 18.0. The molecular weight excluding hydrogens is 322 g/mol. The van der Waals surface area contributed by atoms with Gasteiger partial charge in [0.15, 0.2) is 0 Å². The first kappa shape index (κ1) is 22.2. The molecule has 0 bridgehead atoms. The minimum absolute atomic E-state index is 0.830. The molecule has 1 rings (SSSR count). The highest BCUT2D eigenvalue weighted by Gasteiger charge is 2.48. The zero-order valence-corrected chi connectivity index (χ0v) is 20.1. The molecule has 0 aliphatic heterocycles. The van der Waals surface area contributed by atoms with E-state index in [4.69, 9.17) is 0 Å². The Labute approximate surface area is 155 Å². The van der Waals surface area contributed by atoms with Gasteiger partial charge in [0.1, 0.15) is 0 Å². The highest BCUT2D eigenvalue weighted by atomic mass is 29.2. The number of rotatable bonds is 10. The maximum Gasteiger partial charge on any atom is 0.0568 e. The average molecular weight is 368 g/mol. The van der Waals surface area contributed by atoms with Crippen molar-refractivity contribution < 1.29 is 0 Å². The van der Waals surface area contributed by atoms with Crippen molar-refractivity contribution in [2.75, 3.05) is 6.54 Å². The van der Waals surface area contributed by atoms with Crippen molar-refractivity contribution in [1.29, 1.82) is 0 Å². The first-order valence-electron chi connectivity index (χ1n) is 10.6. The van der Waals surface area contributed by atoms with E-state index in [1.807, 2.05) is 0 Å². The number of hydrogen-bond donors (Lipinski definition) is 1. The molecule has 1 aliphatic carbocycles. The van der Waals surface area contributed by atoms with Gasteiger partial charge in [-0.1, -0.05) is 82.6 Å². The monoisotopic (exact) mass is 367 g/mol. The Balaban J connectivity index is 2.82. The molecule has 0 heterocycles. The minimum Gasteiger partial charge on any atom is -0.314 e. The predicted octanol–water partition coefficient (Wildman–Crippen LogP) is 6.40. The molecule has 1 saturated carbocycles. The molecule has 0 aromatic carbocycles. The van der Waals surface area contributed by atoms with Crippen molar-refractivity contribution in [3.8, 4) is 0 Å². The average Bonchev–Trinajstić information content (AvgIpc) is 2.95. The van der Waals surface area contributed by atoms with Crippen molar-refractivity contribution in [3.63, 3.8) is 0 Å². The van der Waals surface area contributed by atoms with Crippen LogP contribution in [0.2, 0.25) is 22.7 Å². The van der Waals surface area contributed by atoms with Gasteiger partial charge in [0.25, 0.3) is 0 Å². The molecule has 1 atom stereocenters. The van der Waals surface area contributed by atoms with E-state index in [0.717, 1.165) is 22.7 Å². The highest BCUT2D eigenvalue weighted by Crippen LogP contribution is 2.44. The summed E-state index contributed by atoms with van der Waals surface area (Å²) in [6.07, 6.45) is 7.11. The summed E-state index contributed by atoms with van der Waals surface area (Å²) in [4.78, 5) is 0. The lowest BCUT2D eigenvalue weighted by Gasteiger charge is -2.48. The minimum atomic E-state index is -1.27. The second kappa shape index (κ2) is 10.3. The summed E-state index contributed by atoms with van der Waals surface area (Å²) in [6, 6.07) is 2.35. The third kappa shape index (κ3) is 5.57. The van der Waals surface area contributed by atoms with Crippen molar-refractivity contribution in [2.45, 2.75) is 116 Å². The van der Waals surface area contributed by atoms with E-state index < -0.39 is 15.9 Å². The fourth-order valence-corrected chi connectivity index (χ4v) is 26.6. The maximum absolute atomic E-state index is 3.85. The largest absolute Gasteiger partial charge is 0.314 e. The van der Waals surface area contributed by atoms with E-state index in [1.165, 1.54) is 44.7 Å². The molecular formula is C21H45NSi2. The molecule has 1 nitrogen and oxygen atoms in total. The second-order valence-corrected chi connectivity index (χ2v) is 22.2. The van der Waals surface area contributed by atoms with Crippen LogP contribution in [0.15, 0.2) is 11.3 Å². The number of nitrogens with one attached hydrogen (secondary N) is 1. The van der Waals surface area contributed by atoms with Crippen LogP contribution in [0.3, 0.4) is 0 Å². The van der Waals surface area contributed by atoms with Crippen LogP contribution in [0.5, 0.6) is 0 Å². The van der Waals surface area contributed by atoms with Crippen LogP contribution in [0.25, 0.3) is 0 Å². The van der Waals surface area contributed by atoms with Gasteiger partial charge in [-0.05, 0) is 39.7 Å². The van der Waals surface area contributed by atoms with Gasteiger partial charge in [-0.15, -0.1) is 5.70 Å². The van der Waals surface area contributed by atoms with Gasteiger partial charge in [-0.25, -0.2) is 0 Å². The zero-order valence-electron chi connectivity index (χ0n) is 17.9. The van der Waals surface area contributed by atoms with Gasteiger partial charge in [0.05, 0.1) is 15.9 Å². The van der Waals surface area contributed by atoms with Crippen LogP contribution in [0.1, 0.15) is 87.5 Å². The first-order valence-corrected chi connectivity index (χ1v) is 16.1. The summed E-state index contributed by atoms with van der Waals surface area (Å²) in [5.74, 6) is 0. The van der Waals surface area contributed by atoms with Gasteiger partial charge in [-0.3, -0.25) is 0 Å². The van der Waals surface area contributed by atoms with Crippen LogP contribution < -0.4 is 5.32 Å². The van der Waals surface area contributed by atoms with Crippen molar-refractivity contribution in [3.05, 3.63) is 11.3 Å². The molecule has 3 heteroatoms. The van der Waals surface area contributed by atoms with E-state index >= 15 is 0 Å². The Kier molecular flexibility index (Phi) is 9.54. The summed E-state index contributed by atoms with van der Waals surface area (Å²) in [5.41, 5.74) is 7.10. The van der Waals surface area contributed by atoms with Crippen LogP contribution in [0.4, 0.5) is 0 Å². The Morgan fingerprint density at radius 3 is 1.92 bits per heavy atom. The molecule has 1 aliphatic rings. The molecule has 1 N–H and O–H groups in total. The Bertz CT molecular complexity index is 356. The fourth-order valence-electron chi connectivity index (χ4n) is 5.92. The molecule has 0 aromatic rings. The summed E-state index contributed by atoms with van der Waals surface area (Å²) < 4.78 is 0. The fraction of sp³-hybridized carbons (Fsp3) is 0.905. The predicted molar refractivity (Wildman–Crippen MR) is 117 cm³/mol.